The summed E-state index contributed by atoms with van der Waals surface area (Å²) >= 11 is 1.58. The summed E-state index contributed by atoms with van der Waals surface area (Å²) in [7, 11) is 0. The molecule has 0 amide bonds. The Morgan fingerprint density at radius 1 is 1.47 bits per heavy atom. The van der Waals surface area contributed by atoms with E-state index in [4.69, 9.17) is 10.2 Å². The Morgan fingerprint density at radius 2 is 2.27 bits per heavy atom. The molecule has 1 rings (SSSR count). The zero-order valence-electron chi connectivity index (χ0n) is 8.22. The Kier molecular flexibility index (Phi) is 5.14. The van der Waals surface area contributed by atoms with Crippen LogP contribution in [0.15, 0.2) is 23.2 Å². The summed E-state index contributed by atoms with van der Waals surface area (Å²) in [5.74, 6) is -0.128. The zero-order valence-corrected chi connectivity index (χ0v) is 9.04. The molecule has 0 aliphatic rings. The van der Waals surface area contributed by atoms with E-state index in [-0.39, 0.29) is 12.3 Å². The Morgan fingerprint density at radius 3 is 2.93 bits per heavy atom. The van der Waals surface area contributed by atoms with Crippen LogP contribution in [0.3, 0.4) is 0 Å². The van der Waals surface area contributed by atoms with E-state index in [0.717, 1.165) is 23.5 Å². The van der Waals surface area contributed by atoms with Crippen LogP contribution in [0.1, 0.15) is 23.3 Å². The van der Waals surface area contributed by atoms with Crippen molar-refractivity contribution in [2.75, 3.05) is 12.4 Å². The second-order valence-corrected chi connectivity index (χ2v) is 4.13. The van der Waals surface area contributed by atoms with Gasteiger partial charge in [0.25, 0.3) is 0 Å². The molecule has 0 aromatic carbocycles. The number of rotatable bonds is 6. The molecular formula is C10H13NO3S. The van der Waals surface area contributed by atoms with Gasteiger partial charge in [-0.2, -0.15) is 0 Å². The zero-order chi connectivity index (χ0) is 11.1. The lowest BCUT2D eigenvalue weighted by Crippen LogP contribution is -1.99. The van der Waals surface area contributed by atoms with Gasteiger partial charge in [-0.25, -0.2) is 9.78 Å². The van der Waals surface area contributed by atoms with Gasteiger partial charge in [-0.05, 0) is 30.7 Å². The highest BCUT2D eigenvalue weighted by Gasteiger charge is 2.04. The first-order valence-corrected chi connectivity index (χ1v) is 5.65. The van der Waals surface area contributed by atoms with Crippen molar-refractivity contribution in [3.05, 3.63) is 24.0 Å². The lowest BCUT2D eigenvalue weighted by atomic mass is 10.3. The minimum Gasteiger partial charge on any atom is -0.477 e. The van der Waals surface area contributed by atoms with Gasteiger partial charge in [0.1, 0.15) is 5.69 Å². The summed E-state index contributed by atoms with van der Waals surface area (Å²) in [5, 5.41) is 17.3. The number of aromatic nitrogens is 1. The number of pyridine rings is 1. The maximum atomic E-state index is 10.6. The van der Waals surface area contributed by atoms with E-state index in [0.29, 0.717) is 0 Å². The van der Waals surface area contributed by atoms with E-state index in [1.165, 1.54) is 6.20 Å². The summed E-state index contributed by atoms with van der Waals surface area (Å²) in [6.07, 6.45) is 3.20. The van der Waals surface area contributed by atoms with Crippen LogP contribution in [0, 0.1) is 0 Å². The summed E-state index contributed by atoms with van der Waals surface area (Å²) in [5.41, 5.74) is 0.0714. The number of carbonyl (C=O) groups is 1. The van der Waals surface area contributed by atoms with Crippen LogP contribution in [0.2, 0.25) is 0 Å². The molecule has 0 saturated heterocycles. The molecule has 0 aliphatic heterocycles. The maximum absolute atomic E-state index is 10.6. The van der Waals surface area contributed by atoms with E-state index in [2.05, 4.69) is 4.98 Å². The first-order chi connectivity index (χ1) is 7.24. The fourth-order valence-corrected chi connectivity index (χ4v) is 1.96. The molecule has 1 aromatic heterocycles. The summed E-state index contributed by atoms with van der Waals surface area (Å²) in [6, 6.07) is 3.35. The topological polar surface area (TPSA) is 70.4 Å². The molecule has 15 heavy (non-hydrogen) atoms. The van der Waals surface area contributed by atoms with Crippen molar-refractivity contribution >= 4 is 17.7 Å². The molecule has 0 unspecified atom stereocenters. The number of hydrogen-bond acceptors (Lipinski definition) is 4. The second kappa shape index (κ2) is 6.42. The third-order valence-corrected chi connectivity index (χ3v) is 2.85. The van der Waals surface area contributed by atoms with Crippen LogP contribution in [0.4, 0.5) is 0 Å². The molecular weight excluding hydrogens is 214 g/mol. The van der Waals surface area contributed by atoms with Crippen molar-refractivity contribution in [3.8, 4) is 0 Å². The molecule has 5 heteroatoms. The quantitative estimate of drug-likeness (QED) is 0.571. The number of thioether (sulfide) groups is 1. The molecule has 0 radical (unpaired) electrons. The average molecular weight is 227 g/mol. The molecule has 0 fully saturated rings. The monoisotopic (exact) mass is 227 g/mol. The van der Waals surface area contributed by atoms with Gasteiger partial charge in [0, 0.05) is 17.7 Å². The smallest absolute Gasteiger partial charge is 0.354 e. The van der Waals surface area contributed by atoms with E-state index >= 15 is 0 Å². The van der Waals surface area contributed by atoms with E-state index in [1.807, 2.05) is 0 Å². The third kappa shape index (κ3) is 4.31. The number of nitrogens with zero attached hydrogens (tertiary/aromatic N) is 1. The predicted molar refractivity (Wildman–Crippen MR) is 58.2 cm³/mol. The summed E-state index contributed by atoms with van der Waals surface area (Å²) < 4.78 is 0. The number of hydrogen-bond donors (Lipinski definition) is 2. The normalized spacial score (nSPS) is 10.2. The Bertz CT molecular complexity index is 330. The first-order valence-electron chi connectivity index (χ1n) is 4.67. The fourth-order valence-electron chi connectivity index (χ4n) is 1.02. The van der Waals surface area contributed by atoms with Gasteiger partial charge >= 0.3 is 5.97 Å². The molecule has 4 nitrogen and oxygen atoms in total. The molecule has 0 spiro atoms. The standard InChI is InChI=1S/C10H13NO3S/c12-5-1-2-6-15-8-3-4-11-9(7-8)10(13)14/h3-4,7,12H,1-2,5-6H2,(H,13,14). The molecule has 0 saturated carbocycles. The van der Waals surface area contributed by atoms with Crippen molar-refractivity contribution in [1.82, 2.24) is 4.98 Å². The van der Waals surface area contributed by atoms with Crippen LogP contribution >= 0.6 is 11.8 Å². The van der Waals surface area contributed by atoms with Crippen LogP contribution in [-0.2, 0) is 0 Å². The molecule has 0 bridgehead atoms. The Balaban J connectivity index is 2.47. The number of aliphatic hydroxyl groups is 1. The number of unbranched alkanes of at least 4 members (excludes halogenated alkanes) is 1. The molecule has 0 aliphatic carbocycles. The Hall–Kier alpha value is -1.07. The molecule has 2 N–H and O–H groups in total. The minimum absolute atomic E-state index is 0.0714. The van der Waals surface area contributed by atoms with Gasteiger partial charge in [0.15, 0.2) is 0 Å². The van der Waals surface area contributed by atoms with Crippen LogP contribution in [0.25, 0.3) is 0 Å². The highest BCUT2D eigenvalue weighted by molar-refractivity contribution is 7.99. The number of carboxylic acid groups (broad SMARTS) is 1. The SMILES string of the molecule is O=C(O)c1cc(SCCCCO)ccn1. The fraction of sp³-hybridized carbons (Fsp3) is 0.400. The number of aromatic carboxylic acids is 1. The molecule has 1 aromatic rings. The van der Waals surface area contributed by atoms with Gasteiger partial charge in [0.05, 0.1) is 0 Å². The first kappa shape index (κ1) is 12.0. The molecule has 82 valence electrons. The average Bonchev–Trinajstić information content (AvgIpc) is 2.25. The lowest BCUT2D eigenvalue weighted by molar-refractivity contribution is 0.0690. The Labute approximate surface area is 92.3 Å². The minimum atomic E-state index is -1.01. The van der Waals surface area contributed by atoms with Crippen molar-refractivity contribution in [2.45, 2.75) is 17.7 Å². The summed E-state index contributed by atoms with van der Waals surface area (Å²) in [6.45, 7) is 0.206. The lowest BCUT2D eigenvalue weighted by Gasteiger charge is -2.01. The maximum Gasteiger partial charge on any atom is 0.354 e. The van der Waals surface area contributed by atoms with Crippen molar-refractivity contribution in [1.29, 1.82) is 0 Å². The molecule has 0 atom stereocenters. The second-order valence-electron chi connectivity index (χ2n) is 2.96. The van der Waals surface area contributed by atoms with Crippen molar-refractivity contribution in [3.63, 3.8) is 0 Å². The summed E-state index contributed by atoms with van der Waals surface area (Å²) in [4.78, 5) is 15.3. The largest absolute Gasteiger partial charge is 0.477 e. The van der Waals surface area contributed by atoms with Crippen molar-refractivity contribution < 1.29 is 15.0 Å². The highest BCUT2D eigenvalue weighted by atomic mass is 32.2. The van der Waals surface area contributed by atoms with E-state index in [9.17, 15) is 4.79 Å². The van der Waals surface area contributed by atoms with E-state index < -0.39 is 5.97 Å². The van der Waals surface area contributed by atoms with Gasteiger partial charge in [-0.3, -0.25) is 0 Å². The number of aliphatic hydroxyl groups excluding tert-OH is 1. The van der Waals surface area contributed by atoms with E-state index in [1.54, 1.807) is 23.9 Å². The number of carboxylic acids is 1. The van der Waals surface area contributed by atoms with Crippen LogP contribution in [-0.4, -0.2) is 33.5 Å². The van der Waals surface area contributed by atoms with Crippen molar-refractivity contribution in [2.24, 2.45) is 0 Å². The van der Waals surface area contributed by atoms with Crippen LogP contribution < -0.4 is 0 Å². The third-order valence-electron chi connectivity index (χ3n) is 1.77. The van der Waals surface area contributed by atoms with Gasteiger partial charge in [-0.15, -0.1) is 11.8 Å². The highest BCUT2D eigenvalue weighted by Crippen LogP contribution is 2.19. The van der Waals surface area contributed by atoms with Gasteiger partial charge < -0.3 is 10.2 Å². The molecule has 1 heterocycles. The predicted octanol–water partition coefficient (Wildman–Crippen LogP) is 1.64. The van der Waals surface area contributed by atoms with Gasteiger partial charge in [-0.1, -0.05) is 0 Å². The van der Waals surface area contributed by atoms with Gasteiger partial charge in [0.2, 0.25) is 0 Å². The van der Waals surface area contributed by atoms with Crippen LogP contribution in [0.5, 0.6) is 0 Å².